The number of hydrogen-bond acceptors (Lipinski definition) is 4. The normalized spacial score (nSPS) is 25.4. The van der Waals surface area contributed by atoms with Crippen molar-refractivity contribution in [3.63, 3.8) is 0 Å². The lowest BCUT2D eigenvalue weighted by molar-refractivity contribution is 0.138. The van der Waals surface area contributed by atoms with Crippen LogP contribution in [-0.4, -0.2) is 41.6 Å². The lowest BCUT2D eigenvalue weighted by Crippen LogP contribution is -2.48. The lowest BCUT2D eigenvalue weighted by atomic mass is 9.98. The second kappa shape index (κ2) is 7.22. The van der Waals surface area contributed by atoms with Crippen LogP contribution in [-0.2, 0) is 6.42 Å². The molecule has 18 heavy (non-hydrogen) atoms. The Morgan fingerprint density at radius 2 is 2.44 bits per heavy atom. The summed E-state index contributed by atoms with van der Waals surface area (Å²) >= 11 is 1.77. The molecule has 2 rings (SSSR count). The zero-order chi connectivity index (χ0) is 12.8. The third-order valence-corrected chi connectivity index (χ3v) is 4.63. The minimum Gasteiger partial charge on any atom is -0.314 e. The summed E-state index contributed by atoms with van der Waals surface area (Å²) in [6, 6.07) is 1.43. The maximum atomic E-state index is 4.36. The van der Waals surface area contributed by atoms with Gasteiger partial charge in [0.05, 0.1) is 5.01 Å². The van der Waals surface area contributed by atoms with E-state index in [9.17, 15) is 0 Å². The van der Waals surface area contributed by atoms with Crippen LogP contribution in [0.15, 0.2) is 11.6 Å². The summed E-state index contributed by atoms with van der Waals surface area (Å²) in [7, 11) is 0. The highest BCUT2D eigenvalue weighted by atomic mass is 32.1. The maximum absolute atomic E-state index is 4.36. The number of nitrogens with zero attached hydrogens (tertiary/aromatic N) is 2. The smallest absolute Gasteiger partial charge is 0.0937 e. The average molecular weight is 267 g/mol. The fraction of sp³-hybridized carbons (Fsp3) is 0.786. The van der Waals surface area contributed by atoms with Gasteiger partial charge in [-0.25, -0.2) is 4.98 Å². The standard InChI is InChI=1S/C14H25N3S/c1-3-6-15-13-4-8-17(12(2)11-13)9-5-14-16-7-10-18-14/h7,10,12-13,15H,3-6,8-9,11H2,1-2H3. The molecular weight excluding hydrogens is 242 g/mol. The van der Waals surface area contributed by atoms with Crippen molar-refractivity contribution in [2.45, 2.75) is 51.6 Å². The van der Waals surface area contributed by atoms with Crippen molar-refractivity contribution in [3.05, 3.63) is 16.6 Å². The summed E-state index contributed by atoms with van der Waals surface area (Å²) in [6.07, 6.45) is 6.83. The van der Waals surface area contributed by atoms with Gasteiger partial charge < -0.3 is 10.2 Å². The molecule has 1 aromatic heterocycles. The largest absolute Gasteiger partial charge is 0.314 e. The molecule has 0 spiro atoms. The Labute approximate surface area is 115 Å². The summed E-state index contributed by atoms with van der Waals surface area (Å²) in [5, 5.41) is 7.00. The van der Waals surface area contributed by atoms with Gasteiger partial charge in [-0.1, -0.05) is 6.92 Å². The molecule has 0 aliphatic carbocycles. The Balaban J connectivity index is 1.72. The fourth-order valence-corrected chi connectivity index (χ4v) is 3.31. The van der Waals surface area contributed by atoms with Gasteiger partial charge in [0, 0.05) is 36.6 Å². The molecular formula is C14H25N3S. The van der Waals surface area contributed by atoms with Crippen LogP contribution in [0.4, 0.5) is 0 Å². The predicted molar refractivity (Wildman–Crippen MR) is 78.2 cm³/mol. The molecule has 1 aliphatic rings. The Morgan fingerprint density at radius 1 is 1.56 bits per heavy atom. The van der Waals surface area contributed by atoms with E-state index in [1.807, 2.05) is 6.20 Å². The van der Waals surface area contributed by atoms with Crippen LogP contribution in [0.5, 0.6) is 0 Å². The summed E-state index contributed by atoms with van der Waals surface area (Å²) in [6.45, 7) is 8.15. The first-order chi connectivity index (χ1) is 8.79. The van der Waals surface area contributed by atoms with E-state index in [1.165, 1.54) is 30.8 Å². The van der Waals surface area contributed by atoms with Crippen LogP contribution in [0.25, 0.3) is 0 Å². The molecule has 3 nitrogen and oxygen atoms in total. The average Bonchev–Trinajstić information content (AvgIpc) is 2.88. The molecule has 2 unspecified atom stereocenters. The zero-order valence-electron chi connectivity index (χ0n) is 11.6. The highest BCUT2D eigenvalue weighted by Crippen LogP contribution is 2.18. The number of aromatic nitrogens is 1. The van der Waals surface area contributed by atoms with Gasteiger partial charge in [0.15, 0.2) is 0 Å². The summed E-state index contributed by atoms with van der Waals surface area (Å²) in [5.74, 6) is 0. The number of nitrogens with one attached hydrogen (secondary N) is 1. The molecule has 1 aliphatic heterocycles. The number of likely N-dealkylation sites (tertiary alicyclic amines) is 1. The number of rotatable bonds is 6. The van der Waals surface area contributed by atoms with Crippen molar-refractivity contribution in [1.29, 1.82) is 0 Å². The molecule has 0 bridgehead atoms. The summed E-state index contributed by atoms with van der Waals surface area (Å²) in [5.41, 5.74) is 0. The molecule has 0 amide bonds. The highest BCUT2D eigenvalue weighted by molar-refractivity contribution is 7.09. The molecule has 2 atom stereocenters. The Kier molecular flexibility index (Phi) is 5.60. The first kappa shape index (κ1) is 14.0. The number of hydrogen-bond donors (Lipinski definition) is 1. The van der Waals surface area contributed by atoms with Crippen LogP contribution in [0.3, 0.4) is 0 Å². The van der Waals surface area contributed by atoms with Crippen LogP contribution in [0, 0.1) is 0 Å². The van der Waals surface area contributed by atoms with Crippen molar-refractivity contribution in [1.82, 2.24) is 15.2 Å². The fourth-order valence-electron chi connectivity index (χ4n) is 2.70. The van der Waals surface area contributed by atoms with Crippen molar-refractivity contribution in [3.8, 4) is 0 Å². The molecule has 1 fully saturated rings. The van der Waals surface area contributed by atoms with E-state index in [0.717, 1.165) is 25.6 Å². The van der Waals surface area contributed by atoms with E-state index in [1.54, 1.807) is 11.3 Å². The SMILES string of the molecule is CCCNC1CCN(CCc2nccs2)C(C)C1. The molecule has 2 heterocycles. The quantitative estimate of drug-likeness (QED) is 0.858. The molecule has 102 valence electrons. The van der Waals surface area contributed by atoms with E-state index < -0.39 is 0 Å². The second-order valence-electron chi connectivity index (χ2n) is 5.24. The van der Waals surface area contributed by atoms with E-state index in [-0.39, 0.29) is 0 Å². The van der Waals surface area contributed by atoms with Crippen molar-refractivity contribution in [2.24, 2.45) is 0 Å². The second-order valence-corrected chi connectivity index (χ2v) is 6.22. The number of thiazole rings is 1. The Morgan fingerprint density at radius 3 is 3.11 bits per heavy atom. The minimum absolute atomic E-state index is 0.702. The molecule has 0 aromatic carbocycles. The maximum Gasteiger partial charge on any atom is 0.0937 e. The van der Waals surface area contributed by atoms with E-state index in [0.29, 0.717) is 6.04 Å². The van der Waals surface area contributed by atoms with E-state index in [4.69, 9.17) is 0 Å². The van der Waals surface area contributed by atoms with E-state index >= 15 is 0 Å². The van der Waals surface area contributed by atoms with Gasteiger partial charge in [-0.15, -0.1) is 11.3 Å². The summed E-state index contributed by atoms with van der Waals surface area (Å²) in [4.78, 5) is 6.98. The Bertz CT molecular complexity index is 326. The van der Waals surface area contributed by atoms with Gasteiger partial charge in [0.1, 0.15) is 0 Å². The van der Waals surface area contributed by atoms with Gasteiger partial charge >= 0.3 is 0 Å². The van der Waals surface area contributed by atoms with E-state index in [2.05, 4.69) is 34.4 Å². The van der Waals surface area contributed by atoms with Crippen LogP contribution in [0.2, 0.25) is 0 Å². The third kappa shape index (κ3) is 4.04. The van der Waals surface area contributed by atoms with Crippen molar-refractivity contribution < 1.29 is 0 Å². The minimum atomic E-state index is 0.702. The third-order valence-electron chi connectivity index (χ3n) is 3.79. The van der Waals surface area contributed by atoms with Gasteiger partial charge in [-0.3, -0.25) is 0 Å². The molecule has 0 radical (unpaired) electrons. The van der Waals surface area contributed by atoms with Crippen LogP contribution in [0.1, 0.15) is 38.1 Å². The Hall–Kier alpha value is -0.450. The molecule has 1 aromatic rings. The van der Waals surface area contributed by atoms with Crippen molar-refractivity contribution >= 4 is 11.3 Å². The molecule has 0 saturated carbocycles. The molecule has 1 saturated heterocycles. The highest BCUT2D eigenvalue weighted by Gasteiger charge is 2.24. The van der Waals surface area contributed by atoms with Crippen molar-refractivity contribution in [2.75, 3.05) is 19.6 Å². The predicted octanol–water partition coefficient (Wildman–Crippen LogP) is 2.54. The zero-order valence-corrected chi connectivity index (χ0v) is 12.4. The molecule has 1 N–H and O–H groups in total. The number of piperidine rings is 1. The van der Waals surface area contributed by atoms with Crippen LogP contribution >= 0.6 is 11.3 Å². The van der Waals surface area contributed by atoms with Crippen LogP contribution < -0.4 is 5.32 Å². The van der Waals surface area contributed by atoms with Gasteiger partial charge in [-0.05, 0) is 39.3 Å². The van der Waals surface area contributed by atoms with Gasteiger partial charge in [0.25, 0.3) is 0 Å². The molecule has 4 heteroatoms. The first-order valence-corrected chi connectivity index (χ1v) is 8.03. The summed E-state index contributed by atoms with van der Waals surface area (Å²) < 4.78 is 0. The topological polar surface area (TPSA) is 28.2 Å². The first-order valence-electron chi connectivity index (χ1n) is 7.15. The lowest BCUT2D eigenvalue weighted by Gasteiger charge is -2.38. The monoisotopic (exact) mass is 267 g/mol. The van der Waals surface area contributed by atoms with Gasteiger partial charge in [0.2, 0.25) is 0 Å². The van der Waals surface area contributed by atoms with Gasteiger partial charge in [-0.2, -0.15) is 0 Å².